The number of hydrogen-bond acceptors (Lipinski definition) is 8. The molecule has 1 saturated heterocycles. The number of amides is 1. The fraction of sp³-hybridized carbons (Fsp3) is 0.192. The molecule has 0 saturated carbocycles. The molecule has 3 aromatic heterocycles. The molecule has 4 heterocycles. The second-order valence-corrected chi connectivity index (χ2v) is 11.1. The zero-order valence-corrected chi connectivity index (χ0v) is 23.0. The van der Waals surface area contributed by atoms with Crippen LogP contribution in [0.3, 0.4) is 0 Å². The predicted molar refractivity (Wildman–Crippen MR) is 148 cm³/mol. The summed E-state index contributed by atoms with van der Waals surface area (Å²) in [7, 11) is -4.44. The highest BCUT2D eigenvalue weighted by molar-refractivity contribution is 7.89. The van der Waals surface area contributed by atoms with Gasteiger partial charge in [0.15, 0.2) is 16.5 Å². The maximum Gasteiger partial charge on any atom is 0.355 e. The molecule has 0 unspecified atom stereocenters. The summed E-state index contributed by atoms with van der Waals surface area (Å²) >= 11 is 6.20. The van der Waals surface area contributed by atoms with Crippen molar-refractivity contribution in [3.63, 3.8) is 0 Å². The van der Waals surface area contributed by atoms with Crippen LogP contribution in [0.25, 0.3) is 28.0 Å². The summed E-state index contributed by atoms with van der Waals surface area (Å²) < 4.78 is 56.1. The number of nitrogens with two attached hydrogens (primary N) is 1. The highest BCUT2D eigenvalue weighted by Gasteiger charge is 2.31. The Morgan fingerprint density at radius 1 is 1.17 bits per heavy atom. The number of fused-ring (bicyclic) bond motifs is 1. The van der Waals surface area contributed by atoms with Crippen molar-refractivity contribution in [3.8, 4) is 16.9 Å². The zero-order valence-electron chi connectivity index (χ0n) is 21.5. The zero-order chi connectivity index (χ0) is 29.6. The van der Waals surface area contributed by atoms with Crippen molar-refractivity contribution in [2.24, 2.45) is 5.14 Å². The van der Waals surface area contributed by atoms with Crippen LogP contribution in [0.2, 0.25) is 5.02 Å². The van der Waals surface area contributed by atoms with E-state index in [9.17, 15) is 22.4 Å². The molecule has 0 spiro atoms. The number of piperazine rings is 1. The van der Waals surface area contributed by atoms with E-state index in [1.165, 1.54) is 36.5 Å². The molecular weight excluding hydrogens is 580 g/mol. The lowest BCUT2D eigenvalue weighted by molar-refractivity contribution is -0.126. The first-order valence-corrected chi connectivity index (χ1v) is 14.1. The van der Waals surface area contributed by atoms with Gasteiger partial charge in [-0.25, -0.2) is 41.7 Å². The summed E-state index contributed by atoms with van der Waals surface area (Å²) in [5, 5.41) is 4.59. The van der Waals surface area contributed by atoms with Crippen LogP contribution < -0.4 is 15.7 Å². The largest absolute Gasteiger partial charge is 0.355 e. The first-order chi connectivity index (χ1) is 19.4. The van der Waals surface area contributed by atoms with Crippen LogP contribution in [0.15, 0.2) is 65.1 Å². The van der Waals surface area contributed by atoms with Gasteiger partial charge in [-0.2, -0.15) is 4.98 Å². The Morgan fingerprint density at radius 3 is 2.59 bits per heavy atom. The predicted octanol–water partition coefficient (Wildman–Crippen LogP) is 2.64. The van der Waals surface area contributed by atoms with Gasteiger partial charge < -0.3 is 9.80 Å². The third-order valence-corrected chi connectivity index (χ3v) is 7.82. The van der Waals surface area contributed by atoms with Gasteiger partial charge in [-0.1, -0.05) is 24.2 Å². The molecule has 2 N–H and O–H groups in total. The Kier molecular flexibility index (Phi) is 7.32. The van der Waals surface area contributed by atoms with Gasteiger partial charge in [0.2, 0.25) is 5.91 Å². The minimum atomic E-state index is -4.44. The maximum atomic E-state index is 15.7. The molecule has 1 aliphatic rings. The summed E-state index contributed by atoms with van der Waals surface area (Å²) in [6, 6.07) is 7.04. The van der Waals surface area contributed by atoms with Crippen LogP contribution in [0, 0.1) is 11.6 Å². The fourth-order valence-electron chi connectivity index (χ4n) is 4.81. The van der Waals surface area contributed by atoms with Gasteiger partial charge >= 0.3 is 5.69 Å². The van der Waals surface area contributed by atoms with E-state index in [-0.39, 0.29) is 64.7 Å². The van der Waals surface area contributed by atoms with E-state index in [1.807, 2.05) is 0 Å². The average Bonchev–Trinajstić information content (AvgIpc) is 2.92. The van der Waals surface area contributed by atoms with Crippen molar-refractivity contribution in [1.82, 2.24) is 24.4 Å². The first-order valence-electron chi connectivity index (χ1n) is 12.2. The second kappa shape index (κ2) is 10.6. The van der Waals surface area contributed by atoms with Crippen molar-refractivity contribution in [2.75, 3.05) is 24.5 Å². The van der Waals surface area contributed by atoms with Gasteiger partial charge in [0.05, 0.1) is 21.7 Å². The van der Waals surface area contributed by atoms with Crippen molar-refractivity contribution >= 4 is 44.4 Å². The van der Waals surface area contributed by atoms with E-state index < -0.39 is 38.1 Å². The molecule has 15 heteroatoms. The number of nitrogens with zero attached hydrogens (tertiary/aromatic N) is 6. The molecule has 5 rings (SSSR count). The molecular formula is C26H22ClF2N7O4S. The molecule has 41 heavy (non-hydrogen) atoms. The van der Waals surface area contributed by atoms with E-state index in [4.69, 9.17) is 16.7 Å². The van der Waals surface area contributed by atoms with E-state index in [2.05, 4.69) is 21.5 Å². The van der Waals surface area contributed by atoms with Crippen LogP contribution in [0.5, 0.6) is 0 Å². The highest BCUT2D eigenvalue weighted by atomic mass is 35.5. The van der Waals surface area contributed by atoms with Crippen LogP contribution in [0.1, 0.15) is 6.92 Å². The Hall–Kier alpha value is -4.27. The number of hydrogen-bond donors (Lipinski definition) is 1. The minimum Gasteiger partial charge on any atom is -0.350 e. The average molecular weight is 602 g/mol. The standard InChI is InChI=1S/C26H22ClF2N7O4S/c1-3-20(37)34-10-11-35(14(2)13-34)23-15-12-18(29)22(21-16(27)6-4-7-17(21)28)32-24(15)36(26(38)33-23)19-8-5-9-31-25(19)41(30,39)40/h3-9,12,14H,1,10-11,13H2,2H3,(H2,30,39,40)/t14-/m0/s1. The molecule has 1 aliphatic heterocycles. The van der Waals surface area contributed by atoms with Crippen molar-refractivity contribution < 1.29 is 22.0 Å². The molecule has 0 aliphatic carbocycles. The molecule has 0 radical (unpaired) electrons. The van der Waals surface area contributed by atoms with Gasteiger partial charge in [-0.05, 0) is 43.3 Å². The quantitative estimate of drug-likeness (QED) is 0.344. The van der Waals surface area contributed by atoms with Crippen LogP contribution in [-0.2, 0) is 14.8 Å². The lowest BCUT2D eigenvalue weighted by Crippen LogP contribution is -2.54. The smallest absolute Gasteiger partial charge is 0.350 e. The fourth-order valence-corrected chi connectivity index (χ4v) is 5.73. The molecule has 1 fully saturated rings. The third kappa shape index (κ3) is 5.05. The SMILES string of the molecule is C=CC(=O)N1CCN(c2nc(=O)n(-c3cccnc3S(N)(=O)=O)c3nc(-c4c(F)cccc4Cl)c(F)cc23)[C@@H](C)C1. The number of halogens is 3. The van der Waals surface area contributed by atoms with Crippen LogP contribution in [0.4, 0.5) is 14.6 Å². The highest BCUT2D eigenvalue weighted by Crippen LogP contribution is 2.35. The third-order valence-electron chi connectivity index (χ3n) is 6.65. The van der Waals surface area contributed by atoms with E-state index in [0.717, 1.165) is 16.7 Å². The first kappa shape index (κ1) is 28.3. The lowest BCUT2D eigenvalue weighted by Gasteiger charge is -2.40. The Labute approximate surface area is 237 Å². The van der Waals surface area contributed by atoms with Crippen molar-refractivity contribution in [3.05, 3.63) is 82.4 Å². The minimum absolute atomic E-state index is 0.0119. The number of sulfonamides is 1. The van der Waals surface area contributed by atoms with Gasteiger partial charge in [0.25, 0.3) is 10.0 Å². The molecule has 0 bridgehead atoms. The summed E-state index contributed by atoms with van der Waals surface area (Å²) in [5.74, 6) is -2.06. The normalized spacial score (nSPS) is 15.8. The molecule has 1 atom stereocenters. The van der Waals surface area contributed by atoms with Gasteiger partial charge in [0, 0.05) is 31.9 Å². The number of pyridine rings is 2. The van der Waals surface area contributed by atoms with E-state index >= 15 is 4.39 Å². The number of anilines is 1. The number of aromatic nitrogens is 4. The molecule has 1 aromatic carbocycles. The maximum absolute atomic E-state index is 15.7. The lowest BCUT2D eigenvalue weighted by atomic mass is 10.1. The van der Waals surface area contributed by atoms with Gasteiger partial charge in [-0.15, -0.1) is 0 Å². The van der Waals surface area contributed by atoms with E-state index in [1.54, 1.807) is 16.7 Å². The number of carbonyl (C=O) groups is 1. The van der Waals surface area contributed by atoms with E-state index in [0.29, 0.717) is 0 Å². The summed E-state index contributed by atoms with van der Waals surface area (Å²) in [6.07, 6.45) is 2.37. The summed E-state index contributed by atoms with van der Waals surface area (Å²) in [5.41, 5.74) is -2.38. The second-order valence-electron chi connectivity index (χ2n) is 9.24. The Bertz CT molecular complexity index is 1880. The summed E-state index contributed by atoms with van der Waals surface area (Å²) in [4.78, 5) is 41.4. The summed E-state index contributed by atoms with van der Waals surface area (Å²) in [6.45, 7) is 6.04. The Balaban J connectivity index is 1.83. The molecule has 4 aromatic rings. The van der Waals surface area contributed by atoms with Crippen LogP contribution in [-0.4, -0.2) is 64.4 Å². The van der Waals surface area contributed by atoms with Gasteiger partial charge in [-0.3, -0.25) is 4.79 Å². The molecule has 11 nitrogen and oxygen atoms in total. The number of carbonyl (C=O) groups excluding carboxylic acids is 1. The number of primary sulfonamides is 1. The molecule has 1 amide bonds. The van der Waals surface area contributed by atoms with Crippen molar-refractivity contribution in [1.29, 1.82) is 0 Å². The number of benzene rings is 1. The van der Waals surface area contributed by atoms with Crippen LogP contribution >= 0.6 is 11.6 Å². The Morgan fingerprint density at radius 2 is 1.93 bits per heavy atom. The topological polar surface area (TPSA) is 144 Å². The monoisotopic (exact) mass is 601 g/mol. The van der Waals surface area contributed by atoms with Gasteiger partial charge in [0.1, 0.15) is 17.3 Å². The molecule has 212 valence electrons. The van der Waals surface area contributed by atoms with Crippen molar-refractivity contribution in [2.45, 2.75) is 18.0 Å². The number of rotatable bonds is 5.